The number of rotatable bonds is 7. The van der Waals surface area contributed by atoms with Crippen molar-refractivity contribution in [3.05, 3.63) is 65.7 Å². The summed E-state index contributed by atoms with van der Waals surface area (Å²) in [6.07, 6.45) is -0.683. The van der Waals surface area contributed by atoms with Gasteiger partial charge in [-0.2, -0.15) is 0 Å². The highest BCUT2D eigenvalue weighted by Crippen LogP contribution is 2.21. The van der Waals surface area contributed by atoms with Crippen LogP contribution in [-0.2, 0) is 22.6 Å². The second-order valence-corrected chi connectivity index (χ2v) is 7.12. The van der Waals surface area contributed by atoms with Crippen LogP contribution in [-0.4, -0.2) is 28.8 Å². The minimum Gasteiger partial charge on any atom is -0.489 e. The first kappa shape index (κ1) is 20.3. The van der Waals surface area contributed by atoms with Crippen LogP contribution in [0.25, 0.3) is 0 Å². The lowest BCUT2D eigenvalue weighted by atomic mass is 10.0. The Bertz CT molecular complexity index is 768. The molecule has 1 unspecified atom stereocenters. The van der Waals surface area contributed by atoms with Crippen molar-refractivity contribution in [1.29, 1.82) is 0 Å². The van der Waals surface area contributed by atoms with E-state index in [1.54, 1.807) is 39.0 Å². The summed E-state index contributed by atoms with van der Waals surface area (Å²) in [6.45, 7) is 5.52. The lowest BCUT2D eigenvalue weighted by molar-refractivity contribution is -0.139. The summed E-state index contributed by atoms with van der Waals surface area (Å²) >= 11 is 0. The van der Waals surface area contributed by atoms with E-state index in [1.165, 1.54) is 0 Å². The number of carboxylic acids is 1. The molecule has 0 fully saturated rings. The first-order valence-corrected chi connectivity index (χ1v) is 8.71. The standard InChI is InChI=1S/C21H25NO5/c1-21(2,3)27-20(25)22-17(19(23)24)13-16-11-7-8-12-18(16)26-14-15-9-5-4-6-10-15/h4-12,17H,13-14H2,1-3H3,(H,22,25)(H,23,24). The van der Waals surface area contributed by atoms with Crippen LogP contribution in [0.3, 0.4) is 0 Å². The zero-order chi connectivity index (χ0) is 19.9. The molecule has 2 rings (SSSR count). The highest BCUT2D eigenvalue weighted by molar-refractivity contribution is 5.80. The molecule has 6 nitrogen and oxygen atoms in total. The molecule has 144 valence electrons. The molecule has 0 aliphatic rings. The van der Waals surface area contributed by atoms with Gasteiger partial charge < -0.3 is 19.9 Å². The van der Waals surface area contributed by atoms with E-state index in [0.717, 1.165) is 5.56 Å². The summed E-state index contributed by atoms with van der Waals surface area (Å²) in [5, 5.41) is 11.9. The summed E-state index contributed by atoms with van der Waals surface area (Å²) in [5.74, 6) is -0.558. The monoisotopic (exact) mass is 371 g/mol. The molecule has 2 N–H and O–H groups in total. The lowest BCUT2D eigenvalue weighted by Gasteiger charge is -2.22. The van der Waals surface area contributed by atoms with Crippen molar-refractivity contribution < 1.29 is 24.2 Å². The molecule has 2 aromatic carbocycles. The van der Waals surface area contributed by atoms with Gasteiger partial charge in [-0.3, -0.25) is 0 Å². The molecule has 0 spiro atoms. The Hall–Kier alpha value is -3.02. The predicted octanol–water partition coefficient (Wildman–Crippen LogP) is 3.79. The Morgan fingerprint density at radius 1 is 1.04 bits per heavy atom. The van der Waals surface area contributed by atoms with E-state index in [9.17, 15) is 14.7 Å². The zero-order valence-electron chi connectivity index (χ0n) is 15.8. The van der Waals surface area contributed by atoms with Crippen molar-refractivity contribution in [2.45, 2.75) is 45.4 Å². The minimum atomic E-state index is -1.14. The summed E-state index contributed by atoms with van der Waals surface area (Å²) < 4.78 is 11.0. The fraction of sp³-hybridized carbons (Fsp3) is 0.333. The van der Waals surface area contributed by atoms with Crippen LogP contribution in [0.2, 0.25) is 0 Å². The van der Waals surface area contributed by atoms with Gasteiger partial charge in [0.1, 0.15) is 24.0 Å². The third-order valence-corrected chi connectivity index (χ3v) is 3.62. The number of nitrogens with one attached hydrogen (secondary N) is 1. The maximum Gasteiger partial charge on any atom is 0.408 e. The molecule has 0 heterocycles. The average molecular weight is 371 g/mol. The van der Waals surface area contributed by atoms with Crippen molar-refractivity contribution in [3.63, 3.8) is 0 Å². The number of carbonyl (C=O) groups is 2. The number of ether oxygens (including phenoxy) is 2. The van der Waals surface area contributed by atoms with Crippen LogP contribution in [0.15, 0.2) is 54.6 Å². The van der Waals surface area contributed by atoms with Crippen molar-refractivity contribution in [2.75, 3.05) is 0 Å². The van der Waals surface area contributed by atoms with Gasteiger partial charge in [0.15, 0.2) is 0 Å². The van der Waals surface area contributed by atoms with Gasteiger partial charge in [0, 0.05) is 6.42 Å². The summed E-state index contributed by atoms with van der Waals surface area (Å²) in [7, 11) is 0. The molecule has 0 aromatic heterocycles. The van der Waals surface area contributed by atoms with Crippen LogP contribution < -0.4 is 10.1 Å². The number of para-hydroxylation sites is 1. The van der Waals surface area contributed by atoms with Gasteiger partial charge in [-0.05, 0) is 38.0 Å². The Kier molecular flexibility index (Phi) is 6.82. The molecular formula is C21H25NO5. The average Bonchev–Trinajstić information content (AvgIpc) is 2.59. The molecule has 1 atom stereocenters. The second kappa shape index (κ2) is 9.07. The molecule has 27 heavy (non-hydrogen) atoms. The maximum atomic E-state index is 11.9. The number of carboxylic acid groups (broad SMARTS) is 1. The Balaban J connectivity index is 2.07. The number of hydrogen-bond acceptors (Lipinski definition) is 4. The predicted molar refractivity (Wildman–Crippen MR) is 102 cm³/mol. The van der Waals surface area contributed by atoms with E-state index in [2.05, 4.69) is 5.32 Å². The first-order chi connectivity index (χ1) is 12.7. The largest absolute Gasteiger partial charge is 0.489 e. The molecule has 0 saturated carbocycles. The zero-order valence-corrected chi connectivity index (χ0v) is 15.8. The van der Waals surface area contributed by atoms with Crippen molar-refractivity contribution in [3.8, 4) is 5.75 Å². The van der Waals surface area contributed by atoms with Crippen LogP contribution in [0.1, 0.15) is 31.9 Å². The molecule has 0 radical (unpaired) electrons. The van der Waals surface area contributed by atoms with Gasteiger partial charge in [-0.1, -0.05) is 48.5 Å². The minimum absolute atomic E-state index is 0.0829. The topological polar surface area (TPSA) is 84.9 Å². The van der Waals surface area contributed by atoms with Crippen LogP contribution in [0.4, 0.5) is 4.79 Å². The van der Waals surface area contributed by atoms with E-state index < -0.39 is 23.7 Å². The quantitative estimate of drug-likeness (QED) is 0.774. The van der Waals surface area contributed by atoms with Gasteiger partial charge in [-0.25, -0.2) is 9.59 Å². The number of hydrogen-bond donors (Lipinski definition) is 2. The Labute approximate surface area is 159 Å². The molecule has 0 aliphatic carbocycles. The van der Waals surface area contributed by atoms with E-state index in [0.29, 0.717) is 17.9 Å². The number of aliphatic carboxylic acids is 1. The van der Waals surface area contributed by atoms with Gasteiger partial charge in [-0.15, -0.1) is 0 Å². The van der Waals surface area contributed by atoms with Crippen molar-refractivity contribution in [2.24, 2.45) is 0 Å². The van der Waals surface area contributed by atoms with Crippen molar-refractivity contribution in [1.82, 2.24) is 5.32 Å². The highest BCUT2D eigenvalue weighted by Gasteiger charge is 2.25. The number of benzene rings is 2. The van der Waals surface area contributed by atoms with Crippen LogP contribution in [0.5, 0.6) is 5.75 Å². The van der Waals surface area contributed by atoms with E-state index in [4.69, 9.17) is 9.47 Å². The van der Waals surface area contributed by atoms with Crippen LogP contribution >= 0.6 is 0 Å². The molecule has 0 aliphatic heterocycles. The molecule has 0 saturated heterocycles. The summed E-state index contributed by atoms with van der Waals surface area (Å²) in [4.78, 5) is 23.5. The SMILES string of the molecule is CC(C)(C)OC(=O)NC(Cc1ccccc1OCc1ccccc1)C(=O)O. The van der Waals surface area contributed by atoms with Crippen molar-refractivity contribution >= 4 is 12.1 Å². The van der Waals surface area contributed by atoms with Crippen LogP contribution in [0, 0.1) is 0 Å². The van der Waals surface area contributed by atoms with Gasteiger partial charge in [0.2, 0.25) is 0 Å². The smallest absolute Gasteiger partial charge is 0.408 e. The highest BCUT2D eigenvalue weighted by atomic mass is 16.6. The summed E-state index contributed by atoms with van der Waals surface area (Å²) in [6, 6.07) is 15.7. The van der Waals surface area contributed by atoms with Gasteiger partial charge in [0.25, 0.3) is 0 Å². The fourth-order valence-corrected chi connectivity index (χ4v) is 2.42. The first-order valence-electron chi connectivity index (χ1n) is 8.71. The Morgan fingerprint density at radius 2 is 1.67 bits per heavy atom. The summed E-state index contributed by atoms with van der Waals surface area (Å²) in [5.41, 5.74) is 0.995. The molecule has 6 heteroatoms. The molecular weight excluding hydrogens is 346 g/mol. The van der Waals surface area contributed by atoms with E-state index in [1.807, 2.05) is 36.4 Å². The number of carbonyl (C=O) groups excluding carboxylic acids is 1. The number of amides is 1. The van der Waals surface area contributed by atoms with Gasteiger partial charge in [0.05, 0.1) is 0 Å². The molecule has 0 bridgehead atoms. The molecule has 2 aromatic rings. The van der Waals surface area contributed by atoms with Gasteiger partial charge >= 0.3 is 12.1 Å². The normalized spacial score (nSPS) is 12.1. The third kappa shape index (κ3) is 7.01. The third-order valence-electron chi connectivity index (χ3n) is 3.62. The lowest BCUT2D eigenvalue weighted by Crippen LogP contribution is -2.44. The maximum absolute atomic E-state index is 11.9. The second-order valence-electron chi connectivity index (χ2n) is 7.12. The number of alkyl carbamates (subject to hydrolysis) is 1. The fourth-order valence-electron chi connectivity index (χ4n) is 2.42. The van der Waals surface area contributed by atoms with E-state index >= 15 is 0 Å². The Morgan fingerprint density at radius 3 is 2.30 bits per heavy atom. The molecule has 1 amide bonds. The van der Waals surface area contributed by atoms with E-state index in [-0.39, 0.29) is 6.42 Å².